The Morgan fingerprint density at radius 1 is 0.895 bits per heavy atom. The maximum absolute atomic E-state index is 11.8. The second-order valence-corrected chi connectivity index (χ2v) is 4.14. The SMILES string of the molecule is Cc1ccc(C#CC(=O)C(=O)c2ccccc2)cc1. The Kier molecular flexibility index (Phi) is 3.90. The van der Waals surface area contributed by atoms with Gasteiger partial charge in [0.15, 0.2) is 0 Å². The average Bonchev–Trinajstić information content (AvgIpc) is 2.46. The lowest BCUT2D eigenvalue weighted by Crippen LogP contribution is -2.11. The summed E-state index contributed by atoms with van der Waals surface area (Å²) in [5, 5.41) is 0. The molecule has 0 aliphatic heterocycles. The first-order valence-electron chi connectivity index (χ1n) is 5.89. The molecule has 0 bridgehead atoms. The molecule has 0 aliphatic rings. The van der Waals surface area contributed by atoms with Gasteiger partial charge in [-0.1, -0.05) is 53.9 Å². The topological polar surface area (TPSA) is 34.1 Å². The van der Waals surface area contributed by atoms with Crippen molar-refractivity contribution < 1.29 is 9.59 Å². The van der Waals surface area contributed by atoms with Gasteiger partial charge in [-0.15, -0.1) is 0 Å². The fourth-order valence-electron chi connectivity index (χ4n) is 1.54. The fraction of sp³-hybridized carbons (Fsp3) is 0.0588. The largest absolute Gasteiger partial charge is 0.284 e. The van der Waals surface area contributed by atoms with E-state index in [0.29, 0.717) is 5.56 Å². The van der Waals surface area contributed by atoms with Gasteiger partial charge in [0.2, 0.25) is 5.78 Å². The highest BCUT2D eigenvalue weighted by Crippen LogP contribution is 2.02. The summed E-state index contributed by atoms with van der Waals surface area (Å²) < 4.78 is 0. The Labute approximate surface area is 112 Å². The normalized spacial score (nSPS) is 9.32. The summed E-state index contributed by atoms with van der Waals surface area (Å²) in [4.78, 5) is 23.4. The number of benzene rings is 2. The van der Waals surface area contributed by atoms with Crippen molar-refractivity contribution in [1.82, 2.24) is 0 Å². The average molecular weight is 248 g/mol. The molecule has 2 aromatic carbocycles. The van der Waals surface area contributed by atoms with Crippen LogP contribution in [0.25, 0.3) is 0 Å². The molecule has 0 atom stereocenters. The molecule has 0 heterocycles. The number of carbonyl (C=O) groups excluding carboxylic acids is 2. The van der Waals surface area contributed by atoms with Crippen LogP contribution in [0.5, 0.6) is 0 Å². The molecule has 19 heavy (non-hydrogen) atoms. The summed E-state index contributed by atoms with van der Waals surface area (Å²) in [6.45, 7) is 1.97. The first kappa shape index (κ1) is 12.8. The minimum Gasteiger partial charge on any atom is -0.284 e. The van der Waals surface area contributed by atoms with Gasteiger partial charge in [-0.2, -0.15) is 0 Å². The van der Waals surface area contributed by atoms with Crippen molar-refractivity contribution in [3.8, 4) is 11.8 Å². The third-order valence-corrected chi connectivity index (χ3v) is 2.61. The fourth-order valence-corrected chi connectivity index (χ4v) is 1.54. The molecule has 2 rings (SSSR count). The Hall–Kier alpha value is -2.66. The predicted octanol–water partition coefficient (Wildman–Crippen LogP) is 2.80. The molecule has 0 aliphatic carbocycles. The highest BCUT2D eigenvalue weighted by molar-refractivity contribution is 6.49. The molecular weight excluding hydrogens is 236 g/mol. The summed E-state index contributed by atoms with van der Waals surface area (Å²) >= 11 is 0. The second kappa shape index (κ2) is 5.79. The molecule has 0 fully saturated rings. The third kappa shape index (κ3) is 3.40. The van der Waals surface area contributed by atoms with Gasteiger partial charge in [0, 0.05) is 11.1 Å². The smallest absolute Gasteiger partial charge is 0.276 e. The zero-order valence-corrected chi connectivity index (χ0v) is 10.5. The van der Waals surface area contributed by atoms with E-state index < -0.39 is 11.6 Å². The van der Waals surface area contributed by atoms with Crippen LogP contribution in [0.3, 0.4) is 0 Å². The van der Waals surface area contributed by atoms with E-state index in [1.165, 1.54) is 0 Å². The van der Waals surface area contributed by atoms with E-state index in [-0.39, 0.29) is 0 Å². The summed E-state index contributed by atoms with van der Waals surface area (Å²) in [6, 6.07) is 15.9. The van der Waals surface area contributed by atoms with Crippen LogP contribution in [-0.4, -0.2) is 11.6 Å². The lowest BCUT2D eigenvalue weighted by molar-refractivity contribution is -0.110. The molecule has 0 spiro atoms. The van der Waals surface area contributed by atoms with Crippen LogP contribution in [0, 0.1) is 18.8 Å². The lowest BCUT2D eigenvalue weighted by Gasteiger charge is -1.94. The number of ketones is 2. The Morgan fingerprint density at radius 2 is 1.53 bits per heavy atom. The van der Waals surface area contributed by atoms with Crippen molar-refractivity contribution >= 4 is 11.6 Å². The molecule has 2 nitrogen and oxygen atoms in total. The number of hydrogen-bond donors (Lipinski definition) is 0. The summed E-state index contributed by atoms with van der Waals surface area (Å²) in [6.07, 6.45) is 0. The van der Waals surface area contributed by atoms with Gasteiger partial charge in [-0.3, -0.25) is 9.59 Å². The van der Waals surface area contributed by atoms with Crippen molar-refractivity contribution in [2.75, 3.05) is 0 Å². The standard InChI is InChI=1S/C17H12O2/c1-13-7-9-14(10-8-13)11-12-16(18)17(19)15-5-3-2-4-6-15/h2-10H,1H3. The van der Waals surface area contributed by atoms with Crippen LogP contribution in [0.4, 0.5) is 0 Å². The van der Waals surface area contributed by atoms with Crippen LogP contribution in [0.15, 0.2) is 54.6 Å². The Bertz CT molecular complexity index is 656. The van der Waals surface area contributed by atoms with E-state index in [2.05, 4.69) is 11.8 Å². The minimum atomic E-state index is -0.688. The Morgan fingerprint density at radius 3 is 2.16 bits per heavy atom. The first-order chi connectivity index (χ1) is 9.16. The van der Waals surface area contributed by atoms with Crippen LogP contribution >= 0.6 is 0 Å². The van der Waals surface area contributed by atoms with Gasteiger partial charge in [0.25, 0.3) is 5.78 Å². The first-order valence-corrected chi connectivity index (χ1v) is 5.89. The molecule has 0 saturated heterocycles. The molecule has 0 amide bonds. The monoisotopic (exact) mass is 248 g/mol. The number of Topliss-reactive ketones (excluding diaryl/α,β-unsaturated/α-hetero) is 2. The summed E-state index contributed by atoms with van der Waals surface area (Å²) in [7, 11) is 0. The van der Waals surface area contributed by atoms with Gasteiger partial charge in [0.1, 0.15) is 0 Å². The van der Waals surface area contributed by atoms with Gasteiger partial charge in [-0.05, 0) is 25.0 Å². The highest BCUT2D eigenvalue weighted by Gasteiger charge is 2.12. The van der Waals surface area contributed by atoms with Crippen molar-refractivity contribution in [2.45, 2.75) is 6.92 Å². The molecule has 0 radical (unpaired) electrons. The molecule has 92 valence electrons. The van der Waals surface area contributed by atoms with Crippen molar-refractivity contribution in [2.24, 2.45) is 0 Å². The summed E-state index contributed by atoms with van der Waals surface area (Å²) in [5.41, 5.74) is 2.21. The molecule has 0 unspecified atom stereocenters. The number of rotatable bonds is 2. The zero-order chi connectivity index (χ0) is 13.7. The van der Waals surface area contributed by atoms with E-state index in [9.17, 15) is 9.59 Å². The van der Waals surface area contributed by atoms with Gasteiger partial charge in [-0.25, -0.2) is 0 Å². The lowest BCUT2D eigenvalue weighted by atomic mass is 10.1. The highest BCUT2D eigenvalue weighted by atomic mass is 16.2. The van der Waals surface area contributed by atoms with Crippen LogP contribution < -0.4 is 0 Å². The number of hydrogen-bond acceptors (Lipinski definition) is 2. The Balaban J connectivity index is 2.14. The second-order valence-electron chi connectivity index (χ2n) is 4.14. The molecule has 0 saturated carbocycles. The third-order valence-electron chi connectivity index (χ3n) is 2.61. The van der Waals surface area contributed by atoms with Gasteiger partial charge in [0.05, 0.1) is 0 Å². The molecular formula is C17H12O2. The maximum atomic E-state index is 11.8. The summed E-state index contributed by atoms with van der Waals surface area (Å²) in [5.74, 6) is 3.82. The van der Waals surface area contributed by atoms with Gasteiger partial charge < -0.3 is 0 Å². The van der Waals surface area contributed by atoms with Crippen LogP contribution in [0.2, 0.25) is 0 Å². The van der Waals surface area contributed by atoms with E-state index in [4.69, 9.17) is 0 Å². The van der Waals surface area contributed by atoms with Crippen molar-refractivity contribution in [3.63, 3.8) is 0 Å². The van der Waals surface area contributed by atoms with Crippen molar-refractivity contribution in [1.29, 1.82) is 0 Å². The van der Waals surface area contributed by atoms with E-state index in [0.717, 1.165) is 11.1 Å². The maximum Gasteiger partial charge on any atom is 0.276 e. The quantitative estimate of drug-likeness (QED) is 0.465. The predicted molar refractivity (Wildman–Crippen MR) is 73.8 cm³/mol. The minimum absolute atomic E-state index is 0.366. The van der Waals surface area contributed by atoms with E-state index in [1.807, 2.05) is 31.2 Å². The molecule has 2 aromatic rings. The van der Waals surface area contributed by atoms with E-state index >= 15 is 0 Å². The molecule has 0 N–H and O–H groups in total. The molecule has 2 heteroatoms. The van der Waals surface area contributed by atoms with E-state index in [1.54, 1.807) is 30.3 Å². The molecule has 0 aromatic heterocycles. The van der Waals surface area contributed by atoms with Crippen molar-refractivity contribution in [3.05, 3.63) is 71.3 Å². The van der Waals surface area contributed by atoms with Crippen LogP contribution in [0.1, 0.15) is 21.5 Å². The van der Waals surface area contributed by atoms with Crippen LogP contribution in [-0.2, 0) is 4.79 Å². The zero-order valence-electron chi connectivity index (χ0n) is 10.5. The number of aryl methyl sites for hydroxylation is 1. The number of carbonyl (C=O) groups is 2. The van der Waals surface area contributed by atoms with Gasteiger partial charge >= 0.3 is 0 Å².